The Bertz CT molecular complexity index is 571. The number of rotatable bonds is 5. The van der Waals surface area contributed by atoms with Gasteiger partial charge in [-0.3, -0.25) is 9.59 Å². The molecule has 0 spiro atoms. The molecule has 0 saturated carbocycles. The number of amides is 2. The van der Waals surface area contributed by atoms with Crippen LogP contribution in [0.4, 0.5) is 5.69 Å². The SMILES string of the molecule is CCC(NC(=O)c1cccc(N2CCCC2=O)c1)C(=O)O. The minimum Gasteiger partial charge on any atom is -0.480 e. The van der Waals surface area contributed by atoms with Gasteiger partial charge in [-0.1, -0.05) is 13.0 Å². The number of benzene rings is 1. The van der Waals surface area contributed by atoms with E-state index in [9.17, 15) is 14.4 Å². The van der Waals surface area contributed by atoms with Crippen molar-refractivity contribution in [3.05, 3.63) is 29.8 Å². The largest absolute Gasteiger partial charge is 0.480 e. The lowest BCUT2D eigenvalue weighted by Gasteiger charge is -2.17. The van der Waals surface area contributed by atoms with E-state index in [-0.39, 0.29) is 5.91 Å². The molecule has 6 heteroatoms. The highest BCUT2D eigenvalue weighted by Gasteiger charge is 2.23. The van der Waals surface area contributed by atoms with Crippen molar-refractivity contribution in [3.8, 4) is 0 Å². The van der Waals surface area contributed by atoms with E-state index in [2.05, 4.69) is 5.32 Å². The first-order valence-corrected chi connectivity index (χ1v) is 6.97. The monoisotopic (exact) mass is 290 g/mol. The summed E-state index contributed by atoms with van der Waals surface area (Å²) in [6, 6.07) is 5.78. The number of carbonyl (C=O) groups is 3. The number of carbonyl (C=O) groups excluding carboxylic acids is 2. The van der Waals surface area contributed by atoms with E-state index in [0.29, 0.717) is 30.6 Å². The molecule has 1 fully saturated rings. The molecule has 0 bridgehead atoms. The van der Waals surface area contributed by atoms with Gasteiger partial charge in [0, 0.05) is 24.2 Å². The van der Waals surface area contributed by atoms with Crippen LogP contribution < -0.4 is 10.2 Å². The predicted octanol–water partition coefficient (Wildman–Crippen LogP) is 1.41. The Labute approximate surface area is 122 Å². The number of anilines is 1. The molecule has 21 heavy (non-hydrogen) atoms. The molecule has 1 aromatic rings. The minimum atomic E-state index is -1.06. The van der Waals surface area contributed by atoms with Gasteiger partial charge >= 0.3 is 5.97 Å². The van der Waals surface area contributed by atoms with Gasteiger partial charge in [-0.05, 0) is 31.0 Å². The Morgan fingerprint density at radius 3 is 2.76 bits per heavy atom. The molecule has 0 aromatic heterocycles. The van der Waals surface area contributed by atoms with Gasteiger partial charge in [0.2, 0.25) is 5.91 Å². The Hall–Kier alpha value is -2.37. The molecule has 0 aliphatic carbocycles. The van der Waals surface area contributed by atoms with Gasteiger partial charge < -0.3 is 15.3 Å². The highest BCUT2D eigenvalue weighted by Crippen LogP contribution is 2.22. The number of hydrogen-bond acceptors (Lipinski definition) is 3. The summed E-state index contributed by atoms with van der Waals surface area (Å²) in [7, 11) is 0. The molecule has 1 saturated heterocycles. The lowest BCUT2D eigenvalue weighted by Crippen LogP contribution is -2.40. The fourth-order valence-corrected chi connectivity index (χ4v) is 2.32. The van der Waals surface area contributed by atoms with Crippen LogP contribution in [0.3, 0.4) is 0 Å². The Morgan fingerprint density at radius 1 is 1.43 bits per heavy atom. The molecule has 1 aromatic carbocycles. The van der Waals surface area contributed by atoms with E-state index in [1.165, 1.54) is 0 Å². The zero-order valence-corrected chi connectivity index (χ0v) is 11.8. The molecule has 1 aliphatic heterocycles. The number of hydrogen-bond donors (Lipinski definition) is 2. The van der Waals surface area contributed by atoms with Crippen molar-refractivity contribution in [2.24, 2.45) is 0 Å². The second-order valence-corrected chi connectivity index (χ2v) is 4.97. The number of carboxylic acid groups (broad SMARTS) is 1. The number of nitrogens with one attached hydrogen (secondary N) is 1. The molecule has 2 amide bonds. The van der Waals surface area contributed by atoms with Crippen molar-refractivity contribution in [1.82, 2.24) is 5.32 Å². The highest BCUT2D eigenvalue weighted by molar-refractivity contribution is 6.00. The summed E-state index contributed by atoms with van der Waals surface area (Å²) in [5.74, 6) is -1.46. The van der Waals surface area contributed by atoms with Gasteiger partial charge in [0.05, 0.1) is 0 Å². The van der Waals surface area contributed by atoms with E-state index in [1.807, 2.05) is 0 Å². The zero-order valence-electron chi connectivity index (χ0n) is 11.8. The third-order valence-corrected chi connectivity index (χ3v) is 3.51. The summed E-state index contributed by atoms with van der Waals surface area (Å²) in [5.41, 5.74) is 1.03. The summed E-state index contributed by atoms with van der Waals surface area (Å²) < 4.78 is 0. The van der Waals surface area contributed by atoms with Crippen LogP contribution in [0.2, 0.25) is 0 Å². The van der Waals surface area contributed by atoms with Gasteiger partial charge in [0.15, 0.2) is 0 Å². The molecule has 6 nitrogen and oxygen atoms in total. The maximum absolute atomic E-state index is 12.1. The van der Waals surface area contributed by atoms with Crippen molar-refractivity contribution in [3.63, 3.8) is 0 Å². The van der Waals surface area contributed by atoms with Gasteiger partial charge in [-0.2, -0.15) is 0 Å². The maximum atomic E-state index is 12.1. The summed E-state index contributed by atoms with van der Waals surface area (Å²) in [6.07, 6.45) is 1.64. The molecule has 0 radical (unpaired) electrons. The average Bonchev–Trinajstić information content (AvgIpc) is 2.90. The summed E-state index contributed by atoms with van der Waals surface area (Å²) in [4.78, 5) is 36.4. The summed E-state index contributed by atoms with van der Waals surface area (Å²) >= 11 is 0. The van der Waals surface area contributed by atoms with Gasteiger partial charge in [0.25, 0.3) is 5.91 Å². The second-order valence-electron chi connectivity index (χ2n) is 4.97. The first kappa shape index (κ1) is 15.0. The van der Waals surface area contributed by atoms with Crippen LogP contribution in [-0.2, 0) is 9.59 Å². The predicted molar refractivity (Wildman–Crippen MR) is 77.2 cm³/mol. The minimum absolute atomic E-state index is 0.0459. The summed E-state index contributed by atoms with van der Waals surface area (Å²) in [6.45, 7) is 2.34. The molecule has 1 unspecified atom stereocenters. The average molecular weight is 290 g/mol. The van der Waals surface area contributed by atoms with E-state index < -0.39 is 17.9 Å². The van der Waals surface area contributed by atoms with Crippen LogP contribution in [0.25, 0.3) is 0 Å². The van der Waals surface area contributed by atoms with Crippen LogP contribution in [0, 0.1) is 0 Å². The van der Waals surface area contributed by atoms with Crippen LogP contribution >= 0.6 is 0 Å². The summed E-state index contributed by atoms with van der Waals surface area (Å²) in [5, 5.41) is 11.4. The Balaban J connectivity index is 2.15. The van der Waals surface area contributed by atoms with Crippen molar-refractivity contribution in [2.45, 2.75) is 32.2 Å². The first-order valence-electron chi connectivity index (χ1n) is 6.97. The molecular formula is C15H18N2O4. The third kappa shape index (κ3) is 3.39. The first-order chi connectivity index (χ1) is 10.0. The fourth-order valence-electron chi connectivity index (χ4n) is 2.32. The van der Waals surface area contributed by atoms with Gasteiger partial charge in [-0.25, -0.2) is 4.79 Å². The quantitative estimate of drug-likeness (QED) is 0.858. The molecule has 2 N–H and O–H groups in total. The molecule has 2 rings (SSSR count). The molecular weight excluding hydrogens is 272 g/mol. The fraction of sp³-hybridized carbons (Fsp3) is 0.400. The molecule has 112 valence electrons. The van der Waals surface area contributed by atoms with Crippen LogP contribution in [0.5, 0.6) is 0 Å². The van der Waals surface area contributed by atoms with Crippen LogP contribution in [0.15, 0.2) is 24.3 Å². The van der Waals surface area contributed by atoms with E-state index in [1.54, 1.807) is 36.1 Å². The molecule has 1 aliphatic rings. The topological polar surface area (TPSA) is 86.7 Å². The Morgan fingerprint density at radius 2 is 2.19 bits per heavy atom. The van der Waals surface area contributed by atoms with Crippen LogP contribution in [-0.4, -0.2) is 35.5 Å². The van der Waals surface area contributed by atoms with Crippen molar-refractivity contribution in [1.29, 1.82) is 0 Å². The highest BCUT2D eigenvalue weighted by atomic mass is 16.4. The van der Waals surface area contributed by atoms with Gasteiger partial charge in [-0.15, -0.1) is 0 Å². The van der Waals surface area contributed by atoms with Crippen molar-refractivity contribution in [2.75, 3.05) is 11.4 Å². The maximum Gasteiger partial charge on any atom is 0.326 e. The smallest absolute Gasteiger partial charge is 0.326 e. The van der Waals surface area contributed by atoms with Crippen LogP contribution in [0.1, 0.15) is 36.5 Å². The van der Waals surface area contributed by atoms with E-state index in [4.69, 9.17) is 5.11 Å². The lowest BCUT2D eigenvalue weighted by molar-refractivity contribution is -0.139. The Kier molecular flexibility index (Phi) is 4.57. The van der Waals surface area contributed by atoms with E-state index >= 15 is 0 Å². The second kappa shape index (κ2) is 6.39. The van der Waals surface area contributed by atoms with Crippen molar-refractivity contribution >= 4 is 23.5 Å². The number of aliphatic carboxylic acids is 1. The zero-order chi connectivity index (χ0) is 15.4. The number of nitrogens with zero attached hydrogens (tertiary/aromatic N) is 1. The standard InChI is InChI=1S/C15H18N2O4/c1-2-12(15(20)21)16-14(19)10-5-3-6-11(9-10)17-8-4-7-13(17)18/h3,5-6,9,12H,2,4,7-8H2,1H3,(H,16,19)(H,20,21). The van der Waals surface area contributed by atoms with E-state index in [0.717, 1.165) is 6.42 Å². The lowest BCUT2D eigenvalue weighted by atomic mass is 10.1. The molecule has 1 atom stereocenters. The number of carboxylic acids is 1. The van der Waals surface area contributed by atoms with Crippen molar-refractivity contribution < 1.29 is 19.5 Å². The third-order valence-electron chi connectivity index (χ3n) is 3.51. The normalized spacial score (nSPS) is 15.9. The molecule has 1 heterocycles. The van der Waals surface area contributed by atoms with Gasteiger partial charge in [0.1, 0.15) is 6.04 Å².